The first kappa shape index (κ1) is 11.4. The zero-order chi connectivity index (χ0) is 10.6. The largest absolute Gasteiger partial charge is 0.343 e. The molecule has 0 aliphatic carbocycles. The molecule has 0 aromatic rings. The molecule has 0 bridgehead atoms. The number of hydrogen-bond acceptors (Lipinski definition) is 3. The summed E-state index contributed by atoms with van der Waals surface area (Å²) in [4.78, 5) is 13.5. The average molecular weight is 212 g/mol. The molecule has 1 amide bonds. The second kappa shape index (κ2) is 5.26. The number of amides is 1. The van der Waals surface area contributed by atoms with Gasteiger partial charge in [0, 0.05) is 13.6 Å². The van der Waals surface area contributed by atoms with Gasteiger partial charge in [0.15, 0.2) is 0 Å². The Morgan fingerprint density at radius 3 is 3.00 bits per heavy atom. The Kier molecular flexibility index (Phi) is 4.27. The molecule has 1 heterocycles. The lowest BCUT2D eigenvalue weighted by Gasteiger charge is -2.21. The highest BCUT2D eigenvalue weighted by Crippen LogP contribution is 2.27. The van der Waals surface area contributed by atoms with Gasteiger partial charge in [-0.2, -0.15) is 5.26 Å². The van der Waals surface area contributed by atoms with Gasteiger partial charge in [-0.05, 0) is 25.5 Å². The smallest absolute Gasteiger partial charge is 0.235 e. The summed E-state index contributed by atoms with van der Waals surface area (Å²) in [6, 6.07) is 2.14. The molecule has 4 heteroatoms. The molecule has 3 nitrogen and oxygen atoms in total. The molecular formula is C10H16N2OS. The number of nitrogens with zero attached hydrogens (tertiary/aromatic N) is 2. The molecule has 78 valence electrons. The summed E-state index contributed by atoms with van der Waals surface area (Å²) in [5.74, 6) is 1.21. The van der Waals surface area contributed by atoms with Crippen LogP contribution >= 0.6 is 11.8 Å². The predicted octanol–water partition coefficient (Wildman–Crippen LogP) is 1.50. The fraction of sp³-hybridized carbons (Fsp3) is 0.800. The maximum Gasteiger partial charge on any atom is 0.235 e. The topological polar surface area (TPSA) is 44.1 Å². The minimum atomic E-state index is -0.0737. The lowest BCUT2D eigenvalue weighted by atomic mass is 10.2. The highest BCUT2D eigenvalue weighted by molar-refractivity contribution is 8.00. The fourth-order valence-corrected chi connectivity index (χ4v) is 2.83. The molecule has 1 aliphatic heterocycles. The molecule has 1 saturated heterocycles. The Morgan fingerprint density at radius 1 is 1.79 bits per heavy atom. The van der Waals surface area contributed by atoms with Crippen LogP contribution in [0, 0.1) is 17.2 Å². The van der Waals surface area contributed by atoms with E-state index in [1.165, 1.54) is 0 Å². The van der Waals surface area contributed by atoms with E-state index in [2.05, 4.69) is 6.07 Å². The van der Waals surface area contributed by atoms with Gasteiger partial charge in [0.1, 0.15) is 0 Å². The van der Waals surface area contributed by atoms with Crippen molar-refractivity contribution in [2.45, 2.75) is 25.0 Å². The van der Waals surface area contributed by atoms with Gasteiger partial charge in [0.2, 0.25) is 5.91 Å². The maximum absolute atomic E-state index is 11.8. The third-order valence-corrected chi connectivity index (χ3v) is 3.71. The average Bonchev–Trinajstić information content (AvgIpc) is 2.69. The minimum absolute atomic E-state index is 0.0737. The molecule has 0 radical (unpaired) electrons. The third kappa shape index (κ3) is 2.91. The van der Waals surface area contributed by atoms with Crippen LogP contribution in [-0.2, 0) is 4.79 Å². The Balaban J connectivity index is 2.40. The third-order valence-electron chi connectivity index (χ3n) is 2.35. The fourth-order valence-electron chi connectivity index (χ4n) is 1.56. The van der Waals surface area contributed by atoms with Crippen LogP contribution in [0.15, 0.2) is 0 Å². The summed E-state index contributed by atoms with van der Waals surface area (Å²) in [5, 5.41) is 8.78. The Morgan fingerprint density at radius 2 is 2.50 bits per heavy atom. The number of thioether (sulfide) groups is 1. The van der Waals surface area contributed by atoms with Gasteiger partial charge in [0.25, 0.3) is 0 Å². The first-order valence-electron chi connectivity index (χ1n) is 4.91. The zero-order valence-electron chi connectivity index (χ0n) is 8.69. The molecule has 1 fully saturated rings. The van der Waals surface area contributed by atoms with E-state index in [-0.39, 0.29) is 17.1 Å². The summed E-state index contributed by atoms with van der Waals surface area (Å²) in [7, 11) is 1.79. The van der Waals surface area contributed by atoms with E-state index in [1.54, 1.807) is 23.7 Å². The van der Waals surface area contributed by atoms with Crippen molar-refractivity contribution in [3.05, 3.63) is 0 Å². The highest BCUT2D eigenvalue weighted by atomic mass is 32.2. The summed E-state index contributed by atoms with van der Waals surface area (Å²) >= 11 is 1.74. The van der Waals surface area contributed by atoms with Gasteiger partial charge in [-0.15, -0.1) is 11.8 Å². The van der Waals surface area contributed by atoms with E-state index < -0.39 is 0 Å². The summed E-state index contributed by atoms with van der Waals surface area (Å²) in [6.07, 6.45) is 2.14. The van der Waals surface area contributed by atoms with E-state index in [0.29, 0.717) is 6.54 Å². The van der Waals surface area contributed by atoms with Crippen LogP contribution in [0.25, 0.3) is 0 Å². The van der Waals surface area contributed by atoms with E-state index in [9.17, 15) is 4.79 Å². The maximum atomic E-state index is 11.8. The number of rotatable bonds is 3. The van der Waals surface area contributed by atoms with Crippen LogP contribution < -0.4 is 0 Å². The number of carbonyl (C=O) groups excluding carboxylic acids is 1. The van der Waals surface area contributed by atoms with Gasteiger partial charge in [-0.1, -0.05) is 0 Å². The number of carbonyl (C=O) groups is 1. The van der Waals surface area contributed by atoms with Crippen molar-refractivity contribution in [3.8, 4) is 6.07 Å². The second-order valence-corrected chi connectivity index (χ2v) is 5.06. The number of hydrogen-bond donors (Lipinski definition) is 0. The monoisotopic (exact) mass is 212 g/mol. The van der Waals surface area contributed by atoms with Crippen molar-refractivity contribution in [1.29, 1.82) is 5.26 Å². The Labute approximate surface area is 89.5 Å². The van der Waals surface area contributed by atoms with Crippen LogP contribution in [0.3, 0.4) is 0 Å². The van der Waals surface area contributed by atoms with Crippen molar-refractivity contribution < 1.29 is 4.79 Å². The summed E-state index contributed by atoms with van der Waals surface area (Å²) < 4.78 is 0. The van der Waals surface area contributed by atoms with Gasteiger partial charge in [-0.25, -0.2) is 0 Å². The van der Waals surface area contributed by atoms with Crippen LogP contribution in [0.5, 0.6) is 0 Å². The molecule has 1 aliphatic rings. The van der Waals surface area contributed by atoms with Crippen LogP contribution in [0.4, 0.5) is 0 Å². The molecule has 0 saturated carbocycles. The lowest BCUT2D eigenvalue weighted by Crippen LogP contribution is -2.36. The zero-order valence-corrected chi connectivity index (χ0v) is 9.51. The van der Waals surface area contributed by atoms with Crippen molar-refractivity contribution in [1.82, 2.24) is 4.90 Å². The van der Waals surface area contributed by atoms with E-state index >= 15 is 0 Å². The van der Waals surface area contributed by atoms with Crippen LogP contribution in [-0.4, -0.2) is 35.4 Å². The van der Waals surface area contributed by atoms with Crippen molar-refractivity contribution >= 4 is 17.7 Å². The van der Waals surface area contributed by atoms with Gasteiger partial charge in [-0.3, -0.25) is 4.79 Å². The molecule has 14 heavy (non-hydrogen) atoms. The molecular weight excluding hydrogens is 196 g/mol. The molecule has 0 spiro atoms. The van der Waals surface area contributed by atoms with Gasteiger partial charge >= 0.3 is 0 Å². The Hall–Kier alpha value is -0.690. The van der Waals surface area contributed by atoms with Crippen LogP contribution in [0.2, 0.25) is 0 Å². The van der Waals surface area contributed by atoms with Crippen molar-refractivity contribution in [3.63, 3.8) is 0 Å². The molecule has 1 rings (SSSR count). The quantitative estimate of drug-likeness (QED) is 0.712. The van der Waals surface area contributed by atoms with Gasteiger partial charge in [0.05, 0.1) is 17.2 Å². The molecule has 0 N–H and O–H groups in total. The first-order chi connectivity index (χ1) is 6.65. The molecule has 0 aromatic carbocycles. The minimum Gasteiger partial charge on any atom is -0.343 e. The summed E-state index contributed by atoms with van der Waals surface area (Å²) in [5.41, 5.74) is 0. The highest BCUT2D eigenvalue weighted by Gasteiger charge is 2.26. The van der Waals surface area contributed by atoms with Crippen molar-refractivity contribution in [2.75, 3.05) is 19.3 Å². The van der Waals surface area contributed by atoms with E-state index in [0.717, 1.165) is 18.6 Å². The van der Waals surface area contributed by atoms with Crippen LogP contribution in [0.1, 0.15) is 19.8 Å². The molecule has 2 atom stereocenters. The molecule has 0 aromatic heterocycles. The lowest BCUT2D eigenvalue weighted by molar-refractivity contribution is -0.129. The first-order valence-corrected chi connectivity index (χ1v) is 5.96. The van der Waals surface area contributed by atoms with Gasteiger partial charge < -0.3 is 4.90 Å². The molecule has 2 unspecified atom stereocenters. The second-order valence-electron chi connectivity index (χ2n) is 3.75. The normalized spacial score (nSPS) is 22.8. The van der Waals surface area contributed by atoms with Crippen molar-refractivity contribution in [2.24, 2.45) is 5.92 Å². The standard InChI is InChI=1S/C10H16N2OS/c1-8(6-11)7-12(2)10(13)9-4-3-5-14-9/h8-9H,3-5,7H2,1-2H3. The summed E-state index contributed by atoms with van der Waals surface area (Å²) in [6.45, 7) is 2.39. The predicted molar refractivity (Wildman–Crippen MR) is 57.9 cm³/mol. The van der Waals surface area contributed by atoms with E-state index in [1.807, 2.05) is 6.92 Å². The SMILES string of the molecule is CC(C#N)CN(C)C(=O)C1CCCS1. The van der Waals surface area contributed by atoms with E-state index in [4.69, 9.17) is 5.26 Å². The Bertz CT molecular complexity index is 243. The number of nitriles is 1.